The highest BCUT2D eigenvalue weighted by Crippen LogP contribution is 2.32. The van der Waals surface area contributed by atoms with E-state index in [4.69, 9.17) is 47.4 Å². The first-order valence-electron chi connectivity index (χ1n) is 15.6. The lowest BCUT2D eigenvalue weighted by molar-refractivity contribution is -0.379. The molecule has 5 aliphatic rings. The van der Waals surface area contributed by atoms with Gasteiger partial charge in [0.05, 0.1) is 26.4 Å². The van der Waals surface area contributed by atoms with Crippen molar-refractivity contribution in [3.63, 3.8) is 0 Å². The van der Waals surface area contributed by atoms with Crippen LogP contribution in [0.2, 0.25) is 0 Å². The average Bonchev–Trinajstić information content (AvgIpc) is 3.08. The molecular weight excluding hydrogens is 692 g/mol. The zero-order valence-electron chi connectivity index (χ0n) is 26.3. The topological polar surface area (TPSA) is 352 Å². The van der Waals surface area contributed by atoms with Crippen molar-refractivity contribution < 1.29 is 113 Å². The zero-order chi connectivity index (χ0) is 36.6. The molecule has 23 heteroatoms. The SMILES string of the molecule is CO[C@H]1[C@H](O)[C@@H](O)[C@H](O[C@H]2C(O)OC[C@@H](O[C@@H]3OC[C@@H](O[C@@H]4OC[C@@H](O)[C@H](O)[C@H]4O)[C@H](O[C@@H]4OC[C@@H](O)[C@H](O)[C@H]4O)[C@H]3O)[C@@H]2O)O[C@@H]1C(=O)O. The molecule has 0 spiro atoms. The molecule has 5 saturated heterocycles. The highest BCUT2D eigenvalue weighted by atomic mass is 16.8. The third kappa shape index (κ3) is 8.23. The van der Waals surface area contributed by atoms with Gasteiger partial charge >= 0.3 is 5.97 Å². The molecule has 0 aromatic rings. The number of aliphatic hydroxyl groups is 11. The molecule has 5 heterocycles. The van der Waals surface area contributed by atoms with Gasteiger partial charge in [-0.2, -0.15) is 0 Å². The third-order valence-electron chi connectivity index (χ3n) is 9.01. The van der Waals surface area contributed by atoms with Crippen molar-refractivity contribution in [3.8, 4) is 0 Å². The third-order valence-corrected chi connectivity index (χ3v) is 9.01. The van der Waals surface area contributed by atoms with E-state index in [1.54, 1.807) is 0 Å². The van der Waals surface area contributed by atoms with E-state index in [1.807, 2.05) is 0 Å². The molecule has 5 aliphatic heterocycles. The minimum Gasteiger partial charge on any atom is -0.479 e. The molecule has 21 atom stereocenters. The van der Waals surface area contributed by atoms with E-state index in [0.717, 1.165) is 7.11 Å². The van der Waals surface area contributed by atoms with Gasteiger partial charge < -0.3 is 109 Å². The number of carbonyl (C=O) groups is 1. The number of ether oxygens (including phenoxy) is 10. The Bertz CT molecular complexity index is 1100. The van der Waals surface area contributed by atoms with Gasteiger partial charge in [0.25, 0.3) is 0 Å². The molecule has 0 aliphatic carbocycles. The predicted octanol–water partition coefficient (Wildman–Crippen LogP) is -8.62. The Morgan fingerprint density at radius 2 is 0.980 bits per heavy atom. The Kier molecular flexibility index (Phi) is 13.3. The lowest BCUT2D eigenvalue weighted by Crippen LogP contribution is -2.65. The van der Waals surface area contributed by atoms with Gasteiger partial charge in [0.15, 0.2) is 37.6 Å². The number of aliphatic carboxylic acids is 1. The first-order chi connectivity index (χ1) is 23.6. The quantitative estimate of drug-likeness (QED) is 0.0990. The van der Waals surface area contributed by atoms with Crippen molar-refractivity contribution in [2.45, 2.75) is 129 Å². The predicted molar refractivity (Wildman–Crippen MR) is 148 cm³/mol. The summed E-state index contributed by atoms with van der Waals surface area (Å²) in [5.41, 5.74) is 0. The van der Waals surface area contributed by atoms with Crippen molar-refractivity contribution in [2.75, 3.05) is 33.5 Å². The first kappa shape index (κ1) is 39.8. The van der Waals surface area contributed by atoms with Gasteiger partial charge in [-0.25, -0.2) is 4.79 Å². The summed E-state index contributed by atoms with van der Waals surface area (Å²) in [6.07, 6.45) is -35.7. The molecule has 23 nitrogen and oxygen atoms in total. The molecule has 5 rings (SSSR count). The molecule has 0 saturated carbocycles. The fourth-order valence-corrected chi connectivity index (χ4v) is 6.06. The Labute approximate surface area is 282 Å². The van der Waals surface area contributed by atoms with Crippen LogP contribution in [0.4, 0.5) is 0 Å². The van der Waals surface area contributed by atoms with E-state index in [-0.39, 0.29) is 0 Å². The van der Waals surface area contributed by atoms with Crippen molar-refractivity contribution in [1.82, 2.24) is 0 Å². The Hall–Kier alpha value is -1.37. The molecule has 0 amide bonds. The Morgan fingerprint density at radius 3 is 1.56 bits per heavy atom. The van der Waals surface area contributed by atoms with Crippen LogP contribution in [0.15, 0.2) is 0 Å². The maximum atomic E-state index is 11.7. The van der Waals surface area contributed by atoms with Crippen LogP contribution in [-0.4, -0.2) is 230 Å². The van der Waals surface area contributed by atoms with Crippen LogP contribution in [0.1, 0.15) is 0 Å². The number of aliphatic hydroxyl groups excluding tert-OH is 11. The molecule has 0 aromatic carbocycles. The van der Waals surface area contributed by atoms with Crippen LogP contribution in [0.3, 0.4) is 0 Å². The minimum absolute atomic E-state index is 0.439. The summed E-state index contributed by atoms with van der Waals surface area (Å²) in [7, 11) is 1.08. The van der Waals surface area contributed by atoms with Gasteiger partial charge in [0, 0.05) is 7.11 Å². The van der Waals surface area contributed by atoms with Crippen molar-refractivity contribution in [2.24, 2.45) is 0 Å². The maximum absolute atomic E-state index is 11.7. The summed E-state index contributed by atoms with van der Waals surface area (Å²) in [4.78, 5) is 11.7. The van der Waals surface area contributed by atoms with Crippen LogP contribution < -0.4 is 0 Å². The van der Waals surface area contributed by atoms with Crippen molar-refractivity contribution in [3.05, 3.63) is 0 Å². The van der Waals surface area contributed by atoms with E-state index in [2.05, 4.69) is 0 Å². The largest absolute Gasteiger partial charge is 0.479 e. The second-order valence-electron chi connectivity index (χ2n) is 12.4. The van der Waals surface area contributed by atoms with E-state index >= 15 is 0 Å². The van der Waals surface area contributed by atoms with Gasteiger partial charge in [0.1, 0.15) is 91.6 Å². The van der Waals surface area contributed by atoms with Crippen molar-refractivity contribution in [1.29, 1.82) is 0 Å². The monoisotopic (exact) mass is 736 g/mol. The lowest BCUT2D eigenvalue weighted by atomic mass is 9.98. The standard InChI is InChI=1S/C27H44O23/c1-41-19-13(33)16(36)27(50-21(19)22(38)39)49-20-12(32)8(4-42-23(20)40)46-26-17(37)18(48-25-15(35)11(31)7(29)3-44-25)9(5-45-26)47-24-14(34)10(30)6(28)2-43-24/h6-21,23-37,40H,2-5H2,1H3,(H,38,39)/t6-,7-,8-,9-,10+,11+,12+,13-,14-,15-,16-,17-,18+,19+,20-,21+,23?,24+,25+,26+,27-/m1/s1. The van der Waals surface area contributed by atoms with Gasteiger partial charge in [0.2, 0.25) is 0 Å². The smallest absolute Gasteiger partial charge is 0.335 e. The highest BCUT2D eigenvalue weighted by molar-refractivity contribution is 5.73. The molecule has 290 valence electrons. The van der Waals surface area contributed by atoms with Gasteiger partial charge in [-0.3, -0.25) is 0 Å². The molecule has 0 radical (unpaired) electrons. The molecule has 12 N–H and O–H groups in total. The van der Waals surface area contributed by atoms with Gasteiger partial charge in [-0.05, 0) is 0 Å². The molecule has 1 unspecified atom stereocenters. The highest BCUT2D eigenvalue weighted by Gasteiger charge is 2.54. The normalized spacial score (nSPS) is 52.0. The lowest BCUT2D eigenvalue weighted by Gasteiger charge is -2.47. The molecule has 0 bridgehead atoms. The van der Waals surface area contributed by atoms with Crippen LogP contribution in [0.5, 0.6) is 0 Å². The Morgan fingerprint density at radius 1 is 0.500 bits per heavy atom. The number of methoxy groups -OCH3 is 1. The van der Waals surface area contributed by atoms with Gasteiger partial charge in [-0.1, -0.05) is 0 Å². The first-order valence-corrected chi connectivity index (χ1v) is 15.6. The van der Waals surface area contributed by atoms with Crippen LogP contribution >= 0.6 is 0 Å². The fourth-order valence-electron chi connectivity index (χ4n) is 6.06. The zero-order valence-corrected chi connectivity index (χ0v) is 26.3. The number of carboxylic acids is 1. The van der Waals surface area contributed by atoms with E-state index < -0.39 is 162 Å². The van der Waals surface area contributed by atoms with Gasteiger partial charge in [-0.15, -0.1) is 0 Å². The second-order valence-corrected chi connectivity index (χ2v) is 12.4. The summed E-state index contributed by atoms with van der Waals surface area (Å²) in [5, 5.41) is 124. The summed E-state index contributed by atoms with van der Waals surface area (Å²) >= 11 is 0. The molecule has 5 fully saturated rings. The summed E-state index contributed by atoms with van der Waals surface area (Å²) < 4.78 is 54.2. The summed E-state index contributed by atoms with van der Waals surface area (Å²) in [6.45, 7) is -1.98. The number of hydrogen-bond acceptors (Lipinski definition) is 22. The molecular formula is C27H44O23. The molecule has 50 heavy (non-hydrogen) atoms. The maximum Gasteiger partial charge on any atom is 0.335 e. The minimum atomic E-state index is -1.92. The Balaban J connectivity index is 1.29. The fraction of sp³-hybridized carbons (Fsp3) is 0.963. The van der Waals surface area contributed by atoms with Crippen LogP contribution in [0, 0.1) is 0 Å². The van der Waals surface area contributed by atoms with E-state index in [1.165, 1.54) is 0 Å². The molecule has 0 aromatic heterocycles. The average molecular weight is 737 g/mol. The van der Waals surface area contributed by atoms with Crippen LogP contribution in [0.25, 0.3) is 0 Å². The van der Waals surface area contributed by atoms with E-state index in [0.29, 0.717) is 0 Å². The number of hydrogen-bond donors (Lipinski definition) is 12. The number of carboxylic acid groups (broad SMARTS) is 1. The van der Waals surface area contributed by atoms with Crippen molar-refractivity contribution >= 4 is 5.97 Å². The second kappa shape index (κ2) is 16.8. The summed E-state index contributed by atoms with van der Waals surface area (Å²) in [5.74, 6) is -1.57. The van der Waals surface area contributed by atoms with E-state index in [9.17, 15) is 66.1 Å². The summed E-state index contributed by atoms with van der Waals surface area (Å²) in [6, 6.07) is 0. The van der Waals surface area contributed by atoms with Crippen LogP contribution in [-0.2, 0) is 52.2 Å². The number of rotatable bonds is 10.